The van der Waals surface area contributed by atoms with E-state index in [4.69, 9.17) is 0 Å². The van der Waals surface area contributed by atoms with Gasteiger partial charge in [0.15, 0.2) is 0 Å². The molecule has 0 aliphatic carbocycles. The van der Waals surface area contributed by atoms with E-state index in [1.807, 2.05) is 0 Å². The van der Waals surface area contributed by atoms with Crippen LogP contribution in [0.2, 0.25) is 0 Å². The number of amides is 1. The number of nitrogens with zero attached hydrogens (tertiary/aromatic N) is 5. The Morgan fingerprint density at radius 2 is 2.03 bits per heavy atom. The standard InChI is InChI=1S/C19H17F5N6O/c20-17(21)10-30-14(4-6-26-30)18(31)27-12-2-1-7-29-15(12)9-13(28-29)11-3-5-25-16(8-11)19(22,23)24/h3-6,8-9,12,17H,1-2,7,10H2,(H,27,31)/t12-/m0/s1. The van der Waals surface area contributed by atoms with Crippen LogP contribution in [0, 0.1) is 0 Å². The van der Waals surface area contributed by atoms with E-state index >= 15 is 0 Å². The fourth-order valence-electron chi connectivity index (χ4n) is 3.55. The lowest BCUT2D eigenvalue weighted by Crippen LogP contribution is -2.34. The Labute approximate surface area is 172 Å². The summed E-state index contributed by atoms with van der Waals surface area (Å²) in [6, 6.07) is 4.85. The minimum absolute atomic E-state index is 0.00103. The zero-order chi connectivity index (χ0) is 22.2. The molecule has 0 radical (unpaired) electrons. The van der Waals surface area contributed by atoms with E-state index in [0.29, 0.717) is 30.8 Å². The molecule has 0 saturated carbocycles. The monoisotopic (exact) mass is 440 g/mol. The number of fused-ring (bicyclic) bond motifs is 1. The summed E-state index contributed by atoms with van der Waals surface area (Å²) in [4.78, 5) is 16.0. The molecule has 3 aromatic heterocycles. The van der Waals surface area contributed by atoms with Crippen molar-refractivity contribution in [3.05, 3.63) is 53.7 Å². The number of hydrogen-bond donors (Lipinski definition) is 1. The number of nitrogens with one attached hydrogen (secondary N) is 1. The molecule has 0 unspecified atom stereocenters. The Balaban J connectivity index is 1.58. The van der Waals surface area contributed by atoms with Crippen LogP contribution < -0.4 is 5.32 Å². The molecule has 12 heteroatoms. The normalized spacial score (nSPS) is 16.4. The molecule has 0 spiro atoms. The average Bonchev–Trinajstić information content (AvgIpc) is 3.34. The van der Waals surface area contributed by atoms with Crippen LogP contribution in [0.4, 0.5) is 22.0 Å². The lowest BCUT2D eigenvalue weighted by atomic mass is 10.0. The Bertz CT molecular complexity index is 1090. The number of pyridine rings is 1. The second-order valence-electron chi connectivity index (χ2n) is 7.06. The lowest BCUT2D eigenvalue weighted by Gasteiger charge is -2.24. The second-order valence-corrected chi connectivity index (χ2v) is 7.06. The number of aromatic nitrogens is 5. The Hall–Kier alpha value is -3.31. The van der Waals surface area contributed by atoms with Crippen LogP contribution in [0.15, 0.2) is 36.7 Å². The molecule has 1 aliphatic heterocycles. The predicted molar refractivity (Wildman–Crippen MR) is 98.1 cm³/mol. The van der Waals surface area contributed by atoms with Gasteiger partial charge in [-0.05, 0) is 37.1 Å². The van der Waals surface area contributed by atoms with E-state index in [0.717, 1.165) is 16.9 Å². The summed E-state index contributed by atoms with van der Waals surface area (Å²) in [5, 5.41) is 10.9. The van der Waals surface area contributed by atoms with Crippen molar-refractivity contribution in [1.82, 2.24) is 29.9 Å². The molecule has 0 aromatic carbocycles. The molecule has 4 heterocycles. The first-order chi connectivity index (χ1) is 14.7. The van der Waals surface area contributed by atoms with Gasteiger partial charge in [0.05, 0.1) is 17.4 Å². The summed E-state index contributed by atoms with van der Waals surface area (Å²) in [5.41, 5.74) is 0.185. The van der Waals surface area contributed by atoms with Crippen molar-refractivity contribution in [2.45, 2.75) is 44.6 Å². The smallest absolute Gasteiger partial charge is 0.342 e. The molecule has 1 amide bonds. The van der Waals surface area contributed by atoms with Crippen molar-refractivity contribution < 1.29 is 26.7 Å². The van der Waals surface area contributed by atoms with Gasteiger partial charge in [0.2, 0.25) is 0 Å². The van der Waals surface area contributed by atoms with Gasteiger partial charge in [-0.1, -0.05) is 0 Å². The minimum atomic E-state index is -4.58. The highest BCUT2D eigenvalue weighted by Crippen LogP contribution is 2.32. The van der Waals surface area contributed by atoms with Gasteiger partial charge in [-0.2, -0.15) is 23.4 Å². The van der Waals surface area contributed by atoms with Crippen molar-refractivity contribution in [3.8, 4) is 11.3 Å². The van der Waals surface area contributed by atoms with Crippen LogP contribution in [-0.2, 0) is 19.3 Å². The van der Waals surface area contributed by atoms with Crippen molar-refractivity contribution in [1.29, 1.82) is 0 Å². The van der Waals surface area contributed by atoms with Crippen molar-refractivity contribution >= 4 is 5.91 Å². The number of aryl methyl sites for hydroxylation is 1. The minimum Gasteiger partial charge on any atom is -0.342 e. The molecule has 0 saturated heterocycles. The quantitative estimate of drug-likeness (QED) is 0.614. The highest BCUT2D eigenvalue weighted by Gasteiger charge is 2.33. The fraction of sp³-hybridized carbons (Fsp3) is 0.368. The zero-order valence-electron chi connectivity index (χ0n) is 16.0. The molecule has 3 aromatic rings. The van der Waals surface area contributed by atoms with Crippen LogP contribution in [-0.4, -0.2) is 36.9 Å². The third-order valence-electron chi connectivity index (χ3n) is 4.94. The number of halogens is 5. The van der Waals surface area contributed by atoms with Crippen molar-refractivity contribution in [2.24, 2.45) is 0 Å². The summed E-state index contributed by atoms with van der Waals surface area (Å²) in [5.74, 6) is -0.567. The predicted octanol–water partition coefficient (Wildman–Crippen LogP) is 3.69. The summed E-state index contributed by atoms with van der Waals surface area (Å²) in [6.07, 6.45) is -3.65. The van der Waals surface area contributed by atoms with Crippen LogP contribution in [0.1, 0.15) is 40.8 Å². The molecule has 1 aliphatic rings. The maximum atomic E-state index is 13.0. The maximum Gasteiger partial charge on any atom is 0.433 e. The Kier molecular flexibility index (Phi) is 5.46. The van der Waals surface area contributed by atoms with Crippen molar-refractivity contribution in [3.63, 3.8) is 0 Å². The van der Waals surface area contributed by atoms with Gasteiger partial charge in [0.25, 0.3) is 12.3 Å². The molecule has 31 heavy (non-hydrogen) atoms. The van der Waals surface area contributed by atoms with Crippen LogP contribution in [0.3, 0.4) is 0 Å². The van der Waals surface area contributed by atoms with Gasteiger partial charge in [0, 0.05) is 24.5 Å². The molecule has 164 valence electrons. The Morgan fingerprint density at radius 1 is 1.23 bits per heavy atom. The largest absolute Gasteiger partial charge is 0.433 e. The third-order valence-corrected chi connectivity index (χ3v) is 4.94. The molecule has 0 bridgehead atoms. The molecule has 7 nitrogen and oxygen atoms in total. The van der Waals surface area contributed by atoms with Crippen LogP contribution in [0.5, 0.6) is 0 Å². The van der Waals surface area contributed by atoms with Gasteiger partial charge in [0.1, 0.15) is 17.9 Å². The first kappa shape index (κ1) is 20.9. The van der Waals surface area contributed by atoms with E-state index in [9.17, 15) is 26.7 Å². The average molecular weight is 440 g/mol. The second kappa shape index (κ2) is 8.08. The SMILES string of the molecule is O=C(N[C@H]1CCCn2nc(-c3ccnc(C(F)(F)F)c3)cc21)c1ccnn1CC(F)F. The number of carbonyl (C=O) groups excluding carboxylic acids is 1. The van der Waals surface area contributed by atoms with Crippen LogP contribution >= 0.6 is 0 Å². The highest BCUT2D eigenvalue weighted by atomic mass is 19.4. The summed E-state index contributed by atoms with van der Waals surface area (Å²) < 4.78 is 66.9. The summed E-state index contributed by atoms with van der Waals surface area (Å²) >= 11 is 0. The first-order valence-electron chi connectivity index (χ1n) is 9.44. The van der Waals surface area contributed by atoms with Gasteiger partial charge < -0.3 is 5.32 Å². The molecular formula is C19H17F5N6O. The van der Waals surface area contributed by atoms with E-state index < -0.39 is 36.8 Å². The van der Waals surface area contributed by atoms with Gasteiger partial charge >= 0.3 is 6.18 Å². The number of carbonyl (C=O) groups is 1. The first-order valence-corrected chi connectivity index (χ1v) is 9.44. The fourth-order valence-corrected chi connectivity index (χ4v) is 3.55. The van der Waals surface area contributed by atoms with Gasteiger partial charge in [-0.3, -0.25) is 19.1 Å². The van der Waals surface area contributed by atoms with Gasteiger partial charge in [-0.25, -0.2) is 8.78 Å². The van der Waals surface area contributed by atoms with E-state index in [1.165, 1.54) is 18.3 Å². The molecular weight excluding hydrogens is 423 g/mol. The van der Waals surface area contributed by atoms with Crippen LogP contribution in [0.25, 0.3) is 11.3 Å². The maximum absolute atomic E-state index is 13.0. The molecule has 1 N–H and O–H groups in total. The van der Waals surface area contributed by atoms with E-state index in [-0.39, 0.29) is 11.3 Å². The Morgan fingerprint density at radius 3 is 2.77 bits per heavy atom. The number of alkyl halides is 5. The van der Waals surface area contributed by atoms with Crippen molar-refractivity contribution in [2.75, 3.05) is 0 Å². The zero-order valence-corrected chi connectivity index (χ0v) is 16.0. The molecule has 4 rings (SSSR count). The number of hydrogen-bond acceptors (Lipinski definition) is 4. The molecule has 1 atom stereocenters. The van der Waals surface area contributed by atoms with Gasteiger partial charge in [-0.15, -0.1) is 0 Å². The lowest BCUT2D eigenvalue weighted by molar-refractivity contribution is -0.141. The summed E-state index contributed by atoms with van der Waals surface area (Å²) in [6.45, 7) is -0.158. The third kappa shape index (κ3) is 4.42. The number of rotatable bonds is 5. The summed E-state index contributed by atoms with van der Waals surface area (Å²) in [7, 11) is 0. The topological polar surface area (TPSA) is 77.6 Å². The van der Waals surface area contributed by atoms with E-state index in [2.05, 4.69) is 20.5 Å². The molecule has 0 fully saturated rings. The van der Waals surface area contributed by atoms with E-state index in [1.54, 1.807) is 10.7 Å². The highest BCUT2D eigenvalue weighted by molar-refractivity contribution is 5.92.